The Morgan fingerprint density at radius 3 is 2.41 bits per heavy atom. The molecule has 0 aliphatic heterocycles. The van der Waals surface area contributed by atoms with Gasteiger partial charge in [0.05, 0.1) is 6.61 Å². The molecule has 0 saturated heterocycles. The Morgan fingerprint density at radius 1 is 1.23 bits per heavy atom. The molecule has 0 aliphatic carbocycles. The molecule has 6 nitrogen and oxygen atoms in total. The Balaban J connectivity index is 2.35. The van der Waals surface area contributed by atoms with Crippen molar-refractivity contribution in [3.8, 4) is 0 Å². The molecule has 0 radical (unpaired) electrons. The van der Waals surface area contributed by atoms with Crippen molar-refractivity contribution in [3.63, 3.8) is 0 Å². The zero-order valence-corrected chi connectivity index (χ0v) is 13.3. The Kier molecular flexibility index (Phi) is 6.85. The number of rotatable bonds is 7. The number of carbonyl (C=O) groups excluding carboxylic acids is 2. The maximum Gasteiger partial charge on any atom is 0.407 e. The lowest BCUT2D eigenvalue weighted by atomic mass is 10.2. The first-order valence-corrected chi connectivity index (χ1v) is 7.19. The monoisotopic (exact) mass is 308 g/mol. The molecular weight excluding hydrogens is 284 g/mol. The second-order valence-corrected chi connectivity index (χ2v) is 5.90. The maximum atomic E-state index is 11.5. The van der Waals surface area contributed by atoms with Gasteiger partial charge < -0.3 is 20.5 Å². The number of nitrogens with one attached hydrogen (secondary N) is 1. The van der Waals surface area contributed by atoms with E-state index in [4.69, 9.17) is 15.2 Å². The molecule has 2 amide bonds. The van der Waals surface area contributed by atoms with Crippen LogP contribution in [0.4, 0.5) is 4.79 Å². The van der Waals surface area contributed by atoms with Crippen molar-refractivity contribution < 1.29 is 19.1 Å². The van der Waals surface area contributed by atoms with Gasteiger partial charge in [-0.3, -0.25) is 4.79 Å². The van der Waals surface area contributed by atoms with Crippen LogP contribution in [-0.4, -0.2) is 30.3 Å². The summed E-state index contributed by atoms with van der Waals surface area (Å²) >= 11 is 0. The molecular formula is C16H24N2O4. The third kappa shape index (κ3) is 7.64. The molecule has 0 aromatic heterocycles. The number of hydrogen-bond donors (Lipinski definition) is 2. The number of primary amides is 1. The molecule has 0 fully saturated rings. The molecule has 22 heavy (non-hydrogen) atoms. The van der Waals surface area contributed by atoms with E-state index in [1.54, 1.807) is 20.8 Å². The molecule has 1 rings (SSSR count). The van der Waals surface area contributed by atoms with E-state index in [1.807, 2.05) is 30.3 Å². The van der Waals surface area contributed by atoms with E-state index in [1.165, 1.54) is 0 Å². The number of amides is 2. The van der Waals surface area contributed by atoms with Crippen LogP contribution < -0.4 is 11.1 Å². The van der Waals surface area contributed by atoms with Gasteiger partial charge in [-0.05, 0) is 26.3 Å². The van der Waals surface area contributed by atoms with Gasteiger partial charge in [-0.25, -0.2) is 4.79 Å². The van der Waals surface area contributed by atoms with Gasteiger partial charge in [-0.15, -0.1) is 0 Å². The van der Waals surface area contributed by atoms with Crippen LogP contribution in [0.25, 0.3) is 0 Å². The molecule has 0 heterocycles. The highest BCUT2D eigenvalue weighted by atomic mass is 16.6. The van der Waals surface area contributed by atoms with Gasteiger partial charge in [0.1, 0.15) is 11.7 Å². The highest BCUT2D eigenvalue weighted by Gasteiger charge is 2.18. The van der Waals surface area contributed by atoms with Gasteiger partial charge in [0.15, 0.2) is 0 Å². The van der Waals surface area contributed by atoms with Crippen LogP contribution in [0.5, 0.6) is 0 Å². The summed E-state index contributed by atoms with van der Waals surface area (Å²) in [5, 5.41) is 2.57. The quantitative estimate of drug-likeness (QED) is 0.805. The molecule has 0 aliphatic rings. The summed E-state index contributed by atoms with van der Waals surface area (Å²) in [6.07, 6.45) is -0.990. The van der Waals surface area contributed by atoms with Crippen LogP contribution in [0, 0.1) is 0 Å². The molecule has 1 aromatic rings. The first-order chi connectivity index (χ1) is 10.3. The maximum absolute atomic E-state index is 11.5. The van der Waals surface area contributed by atoms with Crippen LogP contribution in [0.1, 0.15) is 32.8 Å². The largest absolute Gasteiger partial charge is 0.444 e. The molecule has 0 unspecified atom stereocenters. The van der Waals surface area contributed by atoms with Gasteiger partial charge >= 0.3 is 6.09 Å². The van der Waals surface area contributed by atoms with Gasteiger partial charge in [-0.1, -0.05) is 30.3 Å². The third-order valence-electron chi connectivity index (χ3n) is 2.69. The fourth-order valence-corrected chi connectivity index (χ4v) is 1.70. The normalized spacial score (nSPS) is 12.5. The SMILES string of the molecule is CC(C)(C)OC(=O)NCC[C@H](OCc1ccccc1)C(N)=O. The summed E-state index contributed by atoms with van der Waals surface area (Å²) in [4.78, 5) is 22.9. The predicted molar refractivity (Wildman–Crippen MR) is 83.1 cm³/mol. The molecule has 6 heteroatoms. The second-order valence-electron chi connectivity index (χ2n) is 5.90. The van der Waals surface area contributed by atoms with E-state index in [9.17, 15) is 9.59 Å². The molecule has 1 atom stereocenters. The molecule has 3 N–H and O–H groups in total. The van der Waals surface area contributed by atoms with Crippen LogP contribution >= 0.6 is 0 Å². The van der Waals surface area contributed by atoms with E-state index in [0.29, 0.717) is 13.0 Å². The van der Waals surface area contributed by atoms with Crippen LogP contribution in [0.3, 0.4) is 0 Å². The lowest BCUT2D eigenvalue weighted by Gasteiger charge is -2.20. The second kappa shape index (κ2) is 8.38. The minimum Gasteiger partial charge on any atom is -0.444 e. The van der Waals surface area contributed by atoms with Crippen molar-refractivity contribution >= 4 is 12.0 Å². The number of alkyl carbamates (subject to hydrolysis) is 1. The van der Waals surface area contributed by atoms with Crippen molar-refractivity contribution in [3.05, 3.63) is 35.9 Å². The minimum atomic E-state index is -0.754. The summed E-state index contributed by atoms with van der Waals surface area (Å²) in [7, 11) is 0. The first-order valence-electron chi connectivity index (χ1n) is 7.19. The standard InChI is InChI=1S/C16H24N2O4/c1-16(2,3)22-15(20)18-10-9-13(14(17)19)21-11-12-7-5-4-6-8-12/h4-8,13H,9-11H2,1-3H3,(H2,17,19)(H,18,20)/t13-/m0/s1. The van der Waals surface area contributed by atoms with Gasteiger partial charge in [-0.2, -0.15) is 0 Å². The van der Waals surface area contributed by atoms with Crippen molar-refractivity contribution in [1.82, 2.24) is 5.32 Å². The minimum absolute atomic E-state index is 0.247. The highest BCUT2D eigenvalue weighted by Crippen LogP contribution is 2.07. The molecule has 0 saturated carbocycles. The van der Waals surface area contributed by atoms with Gasteiger partial charge in [0.2, 0.25) is 5.91 Å². The number of nitrogens with two attached hydrogens (primary N) is 1. The van der Waals surface area contributed by atoms with Gasteiger partial charge in [0, 0.05) is 13.0 Å². The van der Waals surface area contributed by atoms with Crippen LogP contribution in [-0.2, 0) is 20.9 Å². The Morgan fingerprint density at radius 2 is 1.86 bits per heavy atom. The van der Waals surface area contributed by atoms with Crippen molar-refractivity contribution in [2.45, 2.75) is 45.5 Å². The van der Waals surface area contributed by atoms with Crippen molar-refractivity contribution in [2.75, 3.05) is 6.54 Å². The smallest absolute Gasteiger partial charge is 0.407 e. The predicted octanol–water partition coefficient (Wildman–Crippen LogP) is 1.97. The van der Waals surface area contributed by atoms with E-state index in [2.05, 4.69) is 5.32 Å². The van der Waals surface area contributed by atoms with Gasteiger partial charge in [0.25, 0.3) is 0 Å². The summed E-state index contributed by atoms with van der Waals surface area (Å²) in [5.74, 6) is -0.554. The van der Waals surface area contributed by atoms with E-state index >= 15 is 0 Å². The van der Waals surface area contributed by atoms with Crippen molar-refractivity contribution in [2.24, 2.45) is 5.73 Å². The molecule has 0 spiro atoms. The third-order valence-corrected chi connectivity index (χ3v) is 2.69. The summed E-state index contributed by atoms with van der Waals surface area (Å²) in [6.45, 7) is 5.88. The molecule has 122 valence electrons. The Hall–Kier alpha value is -2.08. The van der Waals surface area contributed by atoms with E-state index < -0.39 is 23.7 Å². The Bertz CT molecular complexity index is 483. The van der Waals surface area contributed by atoms with E-state index in [-0.39, 0.29) is 6.54 Å². The van der Waals surface area contributed by atoms with Crippen LogP contribution in [0.2, 0.25) is 0 Å². The number of carbonyl (C=O) groups is 2. The average Bonchev–Trinajstić information content (AvgIpc) is 2.41. The Labute approximate surface area is 131 Å². The zero-order valence-electron chi connectivity index (χ0n) is 13.3. The van der Waals surface area contributed by atoms with Crippen molar-refractivity contribution in [1.29, 1.82) is 0 Å². The average molecular weight is 308 g/mol. The zero-order chi connectivity index (χ0) is 16.6. The summed E-state index contributed by atoms with van der Waals surface area (Å²) < 4.78 is 10.6. The summed E-state index contributed by atoms with van der Waals surface area (Å²) in [6, 6.07) is 9.48. The number of ether oxygens (including phenoxy) is 2. The lowest BCUT2D eigenvalue weighted by molar-refractivity contribution is -0.130. The fraction of sp³-hybridized carbons (Fsp3) is 0.500. The first kappa shape index (κ1) is 18.0. The summed E-state index contributed by atoms with van der Waals surface area (Å²) in [5.41, 5.74) is 5.71. The highest BCUT2D eigenvalue weighted by molar-refractivity contribution is 5.78. The molecule has 1 aromatic carbocycles. The van der Waals surface area contributed by atoms with E-state index in [0.717, 1.165) is 5.56 Å². The molecule has 0 bridgehead atoms. The van der Waals surface area contributed by atoms with Crippen LogP contribution in [0.15, 0.2) is 30.3 Å². The topological polar surface area (TPSA) is 90.7 Å². The lowest BCUT2D eigenvalue weighted by Crippen LogP contribution is -2.37. The fourth-order valence-electron chi connectivity index (χ4n) is 1.70. The number of hydrogen-bond acceptors (Lipinski definition) is 4. The number of benzene rings is 1.